The van der Waals surface area contributed by atoms with E-state index in [4.69, 9.17) is 4.42 Å². The lowest BCUT2D eigenvalue weighted by Gasteiger charge is -2.10. The zero-order chi connectivity index (χ0) is 23.9. The minimum atomic E-state index is -0.424. The Labute approximate surface area is 195 Å². The standard InChI is InChI=1S/C26H21FN4O3/c1-2-15-28-26(33)31-18-13-11-17(12-14-18)30-24(32)19-7-3-4-8-20(19)25-29-16-23(34-25)21-9-5-6-10-22(21)27/h2-14,16H,1,15H2,(H,30,32)(H2,28,31,33). The second kappa shape index (κ2) is 10.3. The number of urea groups is 1. The molecule has 1 heterocycles. The predicted octanol–water partition coefficient (Wildman–Crippen LogP) is 5.71. The smallest absolute Gasteiger partial charge is 0.319 e. The number of halogens is 1. The molecule has 0 fully saturated rings. The molecule has 34 heavy (non-hydrogen) atoms. The van der Waals surface area contributed by atoms with Crippen LogP contribution in [0.2, 0.25) is 0 Å². The molecule has 3 aromatic carbocycles. The first-order valence-electron chi connectivity index (χ1n) is 10.4. The van der Waals surface area contributed by atoms with Crippen molar-refractivity contribution in [1.29, 1.82) is 0 Å². The van der Waals surface area contributed by atoms with Crippen LogP contribution < -0.4 is 16.0 Å². The van der Waals surface area contributed by atoms with Gasteiger partial charge < -0.3 is 20.4 Å². The van der Waals surface area contributed by atoms with Gasteiger partial charge in [-0.2, -0.15) is 0 Å². The Kier molecular flexibility index (Phi) is 6.78. The second-order valence-corrected chi connectivity index (χ2v) is 7.21. The molecule has 4 aromatic rings. The van der Waals surface area contributed by atoms with E-state index in [-0.39, 0.29) is 29.2 Å². The van der Waals surface area contributed by atoms with Gasteiger partial charge >= 0.3 is 6.03 Å². The molecule has 3 N–H and O–H groups in total. The SMILES string of the molecule is C=CCNC(=O)Nc1ccc(NC(=O)c2ccccc2-c2ncc(-c3ccccc3F)o2)cc1. The van der Waals surface area contributed by atoms with Crippen molar-refractivity contribution in [1.82, 2.24) is 10.3 Å². The van der Waals surface area contributed by atoms with E-state index in [9.17, 15) is 14.0 Å². The number of hydrogen-bond donors (Lipinski definition) is 3. The molecule has 4 rings (SSSR count). The number of carbonyl (C=O) groups is 2. The van der Waals surface area contributed by atoms with E-state index in [1.165, 1.54) is 12.3 Å². The Balaban J connectivity index is 1.50. The first kappa shape index (κ1) is 22.5. The van der Waals surface area contributed by atoms with Gasteiger partial charge in [-0.1, -0.05) is 30.3 Å². The Hall–Kier alpha value is -4.72. The minimum Gasteiger partial charge on any atom is -0.436 e. The Morgan fingerprint density at radius 3 is 2.26 bits per heavy atom. The van der Waals surface area contributed by atoms with Crippen molar-refractivity contribution in [3.05, 3.63) is 103 Å². The molecule has 1 aromatic heterocycles. The molecular weight excluding hydrogens is 435 g/mol. The highest BCUT2D eigenvalue weighted by molar-refractivity contribution is 6.08. The predicted molar refractivity (Wildman–Crippen MR) is 129 cm³/mol. The van der Waals surface area contributed by atoms with Gasteiger partial charge in [0.1, 0.15) is 5.82 Å². The van der Waals surface area contributed by atoms with Crippen molar-refractivity contribution >= 4 is 23.3 Å². The number of oxazole rings is 1. The normalized spacial score (nSPS) is 10.4. The van der Waals surface area contributed by atoms with Crippen LogP contribution in [-0.2, 0) is 0 Å². The lowest BCUT2D eigenvalue weighted by atomic mass is 10.1. The van der Waals surface area contributed by atoms with Crippen LogP contribution in [0.15, 0.2) is 96.1 Å². The topological polar surface area (TPSA) is 96.3 Å². The average Bonchev–Trinajstić information content (AvgIpc) is 3.34. The summed E-state index contributed by atoms with van der Waals surface area (Å²) in [6.07, 6.45) is 3.01. The molecule has 0 aliphatic heterocycles. The summed E-state index contributed by atoms with van der Waals surface area (Å²) in [5.74, 6) is -0.323. The lowest BCUT2D eigenvalue weighted by Crippen LogP contribution is -2.28. The summed E-state index contributed by atoms with van der Waals surface area (Å²) < 4.78 is 19.9. The van der Waals surface area contributed by atoms with Crippen LogP contribution in [-0.4, -0.2) is 23.5 Å². The van der Waals surface area contributed by atoms with E-state index in [1.807, 2.05) is 0 Å². The van der Waals surface area contributed by atoms with Crippen molar-refractivity contribution in [2.75, 3.05) is 17.2 Å². The maximum atomic E-state index is 14.1. The number of anilines is 2. The number of hydrogen-bond acceptors (Lipinski definition) is 4. The third-order valence-electron chi connectivity index (χ3n) is 4.85. The molecule has 0 radical (unpaired) electrons. The summed E-state index contributed by atoms with van der Waals surface area (Å²) in [6, 6.07) is 19.4. The quantitative estimate of drug-likeness (QED) is 0.311. The molecule has 8 heteroatoms. The minimum absolute atomic E-state index is 0.203. The van der Waals surface area contributed by atoms with Gasteiger partial charge in [0.2, 0.25) is 5.89 Å². The Morgan fingerprint density at radius 1 is 0.912 bits per heavy atom. The molecule has 0 atom stereocenters. The highest BCUT2D eigenvalue weighted by atomic mass is 19.1. The number of amides is 3. The van der Waals surface area contributed by atoms with Gasteiger partial charge in [-0.3, -0.25) is 4.79 Å². The fraction of sp³-hybridized carbons (Fsp3) is 0.0385. The van der Waals surface area contributed by atoms with E-state index in [0.29, 0.717) is 29.0 Å². The second-order valence-electron chi connectivity index (χ2n) is 7.21. The molecule has 0 saturated carbocycles. The third-order valence-corrected chi connectivity index (χ3v) is 4.85. The number of carbonyl (C=O) groups excluding carboxylic acids is 2. The molecule has 0 bridgehead atoms. The molecule has 0 unspecified atom stereocenters. The molecule has 3 amide bonds. The van der Waals surface area contributed by atoms with Gasteiger partial charge in [-0.25, -0.2) is 14.2 Å². The van der Waals surface area contributed by atoms with Gasteiger partial charge in [0.25, 0.3) is 5.91 Å². The third kappa shape index (κ3) is 5.18. The number of benzene rings is 3. The molecular formula is C26H21FN4O3. The zero-order valence-corrected chi connectivity index (χ0v) is 18.0. The van der Waals surface area contributed by atoms with Gasteiger partial charge in [-0.15, -0.1) is 6.58 Å². The number of aromatic nitrogens is 1. The van der Waals surface area contributed by atoms with E-state index in [2.05, 4.69) is 27.5 Å². The van der Waals surface area contributed by atoms with Crippen LogP contribution in [0.4, 0.5) is 20.6 Å². The summed E-state index contributed by atoms with van der Waals surface area (Å²) in [5.41, 5.74) is 2.21. The summed E-state index contributed by atoms with van der Waals surface area (Å²) in [7, 11) is 0. The van der Waals surface area contributed by atoms with Gasteiger partial charge in [0, 0.05) is 23.5 Å². The zero-order valence-electron chi connectivity index (χ0n) is 18.0. The first-order chi connectivity index (χ1) is 16.5. The molecule has 0 aliphatic rings. The van der Waals surface area contributed by atoms with Gasteiger partial charge in [0.15, 0.2) is 5.76 Å². The Bertz CT molecular complexity index is 1330. The van der Waals surface area contributed by atoms with E-state index >= 15 is 0 Å². The maximum Gasteiger partial charge on any atom is 0.319 e. The summed E-state index contributed by atoms with van der Waals surface area (Å²) in [4.78, 5) is 29.0. The van der Waals surface area contributed by atoms with Crippen molar-refractivity contribution in [2.24, 2.45) is 0 Å². The van der Waals surface area contributed by atoms with Crippen molar-refractivity contribution < 1.29 is 18.4 Å². The van der Waals surface area contributed by atoms with E-state index in [1.54, 1.807) is 72.8 Å². The van der Waals surface area contributed by atoms with Crippen LogP contribution in [0.25, 0.3) is 22.8 Å². The fourth-order valence-corrected chi connectivity index (χ4v) is 3.23. The lowest BCUT2D eigenvalue weighted by molar-refractivity contribution is 0.102. The van der Waals surface area contributed by atoms with E-state index in [0.717, 1.165) is 0 Å². The monoisotopic (exact) mass is 456 g/mol. The number of nitrogens with one attached hydrogen (secondary N) is 3. The number of nitrogens with zero attached hydrogens (tertiary/aromatic N) is 1. The van der Waals surface area contributed by atoms with Crippen molar-refractivity contribution in [3.8, 4) is 22.8 Å². The van der Waals surface area contributed by atoms with Gasteiger partial charge in [0.05, 0.1) is 17.3 Å². The Morgan fingerprint density at radius 2 is 1.56 bits per heavy atom. The van der Waals surface area contributed by atoms with Crippen molar-refractivity contribution in [2.45, 2.75) is 0 Å². The van der Waals surface area contributed by atoms with E-state index < -0.39 is 5.82 Å². The largest absolute Gasteiger partial charge is 0.436 e. The molecule has 0 spiro atoms. The van der Waals surface area contributed by atoms with Crippen LogP contribution in [0.5, 0.6) is 0 Å². The van der Waals surface area contributed by atoms with Crippen LogP contribution in [0, 0.1) is 5.82 Å². The van der Waals surface area contributed by atoms with Crippen LogP contribution >= 0.6 is 0 Å². The molecule has 170 valence electrons. The molecule has 0 saturated heterocycles. The number of rotatable bonds is 7. The average molecular weight is 456 g/mol. The highest BCUT2D eigenvalue weighted by Gasteiger charge is 2.18. The van der Waals surface area contributed by atoms with Crippen LogP contribution in [0.3, 0.4) is 0 Å². The summed E-state index contributed by atoms with van der Waals surface area (Å²) >= 11 is 0. The summed E-state index contributed by atoms with van der Waals surface area (Å²) in [6.45, 7) is 3.89. The highest BCUT2D eigenvalue weighted by Crippen LogP contribution is 2.30. The molecule has 0 aliphatic carbocycles. The maximum absolute atomic E-state index is 14.1. The first-order valence-corrected chi connectivity index (χ1v) is 10.4. The van der Waals surface area contributed by atoms with Gasteiger partial charge in [-0.05, 0) is 48.5 Å². The summed E-state index contributed by atoms with van der Waals surface area (Å²) in [5, 5.41) is 8.11. The van der Waals surface area contributed by atoms with Crippen molar-refractivity contribution in [3.63, 3.8) is 0 Å². The molecule has 7 nitrogen and oxygen atoms in total. The fourth-order valence-electron chi connectivity index (χ4n) is 3.23. The van der Waals surface area contributed by atoms with Crippen LogP contribution in [0.1, 0.15) is 10.4 Å².